The summed E-state index contributed by atoms with van der Waals surface area (Å²) in [4.78, 5) is 12.1. The highest BCUT2D eigenvalue weighted by Gasteiger charge is 2.23. The van der Waals surface area contributed by atoms with Gasteiger partial charge in [-0.15, -0.1) is 11.3 Å². The minimum Gasteiger partial charge on any atom is -0.479 e. The van der Waals surface area contributed by atoms with Crippen molar-refractivity contribution in [1.29, 1.82) is 0 Å². The summed E-state index contributed by atoms with van der Waals surface area (Å²) >= 11 is 10.7. The molecule has 3 nitrogen and oxygen atoms in total. The molecule has 1 unspecified atom stereocenters. The largest absolute Gasteiger partial charge is 0.479 e. The van der Waals surface area contributed by atoms with Gasteiger partial charge in [0, 0.05) is 4.47 Å². The molecule has 1 heterocycles. The van der Waals surface area contributed by atoms with E-state index >= 15 is 0 Å². The van der Waals surface area contributed by atoms with Gasteiger partial charge in [0.05, 0.1) is 15.6 Å². The van der Waals surface area contributed by atoms with Crippen LogP contribution in [0.1, 0.15) is 10.9 Å². The van der Waals surface area contributed by atoms with Crippen molar-refractivity contribution in [2.45, 2.75) is 6.04 Å². The topological polar surface area (TPSA) is 49.3 Å². The number of halogens is 2. The lowest BCUT2D eigenvalue weighted by molar-refractivity contribution is -0.138. The van der Waals surface area contributed by atoms with Gasteiger partial charge in [-0.05, 0) is 39.5 Å². The molecule has 0 aliphatic heterocycles. The molecule has 1 aromatic carbocycles. The molecule has 1 aromatic heterocycles. The molecule has 0 aliphatic carbocycles. The Hall–Kier alpha value is -1.04. The van der Waals surface area contributed by atoms with Gasteiger partial charge in [0.15, 0.2) is 6.04 Å². The van der Waals surface area contributed by atoms with Gasteiger partial charge < -0.3 is 10.4 Å². The zero-order valence-corrected chi connectivity index (χ0v) is 12.2. The van der Waals surface area contributed by atoms with E-state index in [-0.39, 0.29) is 0 Å². The Morgan fingerprint density at radius 3 is 2.67 bits per heavy atom. The molecule has 6 heteroatoms. The van der Waals surface area contributed by atoms with Crippen LogP contribution in [0.3, 0.4) is 0 Å². The summed E-state index contributed by atoms with van der Waals surface area (Å²) in [6.45, 7) is 0. The number of thiophene rings is 1. The van der Waals surface area contributed by atoms with Crippen molar-refractivity contribution in [3.63, 3.8) is 0 Å². The lowest BCUT2D eigenvalue weighted by atomic mass is 10.2. The molecular formula is C12H9BrClNO2S. The minimum atomic E-state index is -0.946. The van der Waals surface area contributed by atoms with Crippen molar-refractivity contribution in [1.82, 2.24) is 0 Å². The van der Waals surface area contributed by atoms with Crippen LogP contribution in [0, 0.1) is 0 Å². The molecule has 2 rings (SSSR count). The summed E-state index contributed by atoms with van der Waals surface area (Å²) in [6.07, 6.45) is 0. The minimum absolute atomic E-state index is 0.497. The standard InChI is InChI=1S/C12H9BrClNO2S/c13-7-5-6-18-11(7)10(12(16)17)15-9-4-2-1-3-8(9)14/h1-6,10,15H,(H,16,17). The van der Waals surface area contributed by atoms with Gasteiger partial charge in [-0.3, -0.25) is 0 Å². The Bertz CT molecular complexity index is 573. The van der Waals surface area contributed by atoms with Gasteiger partial charge >= 0.3 is 5.97 Å². The Labute approximate surface area is 122 Å². The second-order valence-electron chi connectivity index (χ2n) is 3.53. The maximum Gasteiger partial charge on any atom is 0.331 e. The van der Waals surface area contributed by atoms with Crippen LogP contribution < -0.4 is 5.32 Å². The number of anilines is 1. The van der Waals surface area contributed by atoms with Crippen molar-refractivity contribution >= 4 is 50.5 Å². The monoisotopic (exact) mass is 345 g/mol. The van der Waals surface area contributed by atoms with Crippen molar-refractivity contribution in [3.8, 4) is 0 Å². The normalized spacial score (nSPS) is 12.1. The van der Waals surface area contributed by atoms with Crippen molar-refractivity contribution in [2.75, 3.05) is 5.32 Å². The lowest BCUT2D eigenvalue weighted by Crippen LogP contribution is -2.19. The summed E-state index contributed by atoms with van der Waals surface area (Å²) < 4.78 is 0.777. The lowest BCUT2D eigenvalue weighted by Gasteiger charge is -2.16. The number of carboxylic acids is 1. The molecule has 0 fully saturated rings. The zero-order valence-electron chi connectivity index (χ0n) is 9.06. The molecule has 94 valence electrons. The maximum atomic E-state index is 11.3. The molecule has 0 saturated carbocycles. The van der Waals surface area contributed by atoms with Crippen LogP contribution >= 0.6 is 38.9 Å². The first kappa shape index (κ1) is 13.4. The number of hydrogen-bond donors (Lipinski definition) is 2. The van der Waals surface area contributed by atoms with Gasteiger partial charge in [-0.1, -0.05) is 23.7 Å². The Balaban J connectivity index is 2.31. The van der Waals surface area contributed by atoms with E-state index in [1.807, 2.05) is 11.4 Å². The van der Waals surface area contributed by atoms with Gasteiger partial charge in [0.2, 0.25) is 0 Å². The van der Waals surface area contributed by atoms with E-state index < -0.39 is 12.0 Å². The second kappa shape index (κ2) is 5.73. The number of carboxylic acid groups (broad SMARTS) is 1. The van der Waals surface area contributed by atoms with Gasteiger partial charge in [-0.25, -0.2) is 4.79 Å². The number of hydrogen-bond acceptors (Lipinski definition) is 3. The third-order valence-electron chi connectivity index (χ3n) is 2.33. The van der Waals surface area contributed by atoms with Crippen LogP contribution in [0.4, 0.5) is 5.69 Å². The first-order valence-corrected chi connectivity index (χ1v) is 7.11. The molecular weight excluding hydrogens is 338 g/mol. The summed E-state index contributed by atoms with van der Waals surface area (Å²) in [5.41, 5.74) is 0.604. The third-order valence-corrected chi connectivity index (χ3v) is 4.59. The van der Waals surface area contributed by atoms with Gasteiger partial charge in [-0.2, -0.15) is 0 Å². The van der Waals surface area contributed by atoms with E-state index in [1.165, 1.54) is 11.3 Å². The first-order chi connectivity index (χ1) is 8.59. The molecule has 2 N–H and O–H groups in total. The molecule has 0 saturated heterocycles. The van der Waals surface area contributed by atoms with E-state index in [4.69, 9.17) is 11.6 Å². The quantitative estimate of drug-likeness (QED) is 0.862. The van der Waals surface area contributed by atoms with Crippen molar-refractivity contribution in [3.05, 3.63) is 50.1 Å². The van der Waals surface area contributed by atoms with Crippen LogP contribution in [0.15, 0.2) is 40.2 Å². The van der Waals surface area contributed by atoms with E-state index in [2.05, 4.69) is 21.2 Å². The molecule has 0 spiro atoms. The van der Waals surface area contributed by atoms with Crippen molar-refractivity contribution in [2.24, 2.45) is 0 Å². The van der Waals surface area contributed by atoms with Crippen LogP contribution in [-0.2, 0) is 4.79 Å². The SMILES string of the molecule is O=C(O)C(Nc1ccccc1Cl)c1sccc1Br. The Morgan fingerprint density at radius 1 is 1.39 bits per heavy atom. The second-order valence-corrected chi connectivity index (χ2v) is 5.74. The fraction of sp³-hybridized carbons (Fsp3) is 0.0833. The number of rotatable bonds is 4. The molecule has 1 atom stereocenters. The smallest absolute Gasteiger partial charge is 0.331 e. The number of benzene rings is 1. The maximum absolute atomic E-state index is 11.3. The van der Waals surface area contributed by atoms with Crippen molar-refractivity contribution < 1.29 is 9.90 Å². The summed E-state index contributed by atoms with van der Waals surface area (Å²) in [5, 5.41) is 14.6. The molecule has 0 radical (unpaired) electrons. The average Bonchev–Trinajstić information content (AvgIpc) is 2.74. The van der Waals surface area contributed by atoms with E-state index in [0.29, 0.717) is 15.6 Å². The highest BCUT2D eigenvalue weighted by Crippen LogP contribution is 2.33. The number of carbonyl (C=O) groups is 1. The fourth-order valence-corrected chi connectivity index (χ4v) is 3.32. The molecule has 2 aromatic rings. The van der Waals surface area contributed by atoms with Gasteiger partial charge in [0.25, 0.3) is 0 Å². The highest BCUT2D eigenvalue weighted by atomic mass is 79.9. The third kappa shape index (κ3) is 2.85. The summed E-state index contributed by atoms with van der Waals surface area (Å²) in [7, 11) is 0. The molecule has 18 heavy (non-hydrogen) atoms. The van der Waals surface area contributed by atoms with E-state index in [9.17, 15) is 9.90 Å². The van der Waals surface area contributed by atoms with E-state index in [0.717, 1.165) is 4.47 Å². The number of para-hydroxylation sites is 1. The fourth-order valence-electron chi connectivity index (χ4n) is 1.48. The summed E-state index contributed by atoms with van der Waals surface area (Å²) in [6, 6.07) is 8.07. The zero-order chi connectivity index (χ0) is 13.1. The van der Waals surface area contributed by atoms with Crippen LogP contribution in [-0.4, -0.2) is 11.1 Å². The van der Waals surface area contributed by atoms with E-state index in [1.54, 1.807) is 24.3 Å². The molecule has 0 bridgehead atoms. The molecule has 0 aliphatic rings. The number of nitrogens with one attached hydrogen (secondary N) is 1. The molecule has 0 amide bonds. The van der Waals surface area contributed by atoms with Crippen LogP contribution in [0.2, 0.25) is 5.02 Å². The van der Waals surface area contributed by atoms with Crippen LogP contribution in [0.25, 0.3) is 0 Å². The summed E-state index contributed by atoms with van der Waals surface area (Å²) in [5.74, 6) is -0.946. The van der Waals surface area contributed by atoms with Crippen LogP contribution in [0.5, 0.6) is 0 Å². The Morgan fingerprint density at radius 2 is 2.11 bits per heavy atom. The Kier molecular flexibility index (Phi) is 4.27. The predicted octanol–water partition coefficient (Wildman–Crippen LogP) is 4.40. The highest BCUT2D eigenvalue weighted by molar-refractivity contribution is 9.10. The van der Waals surface area contributed by atoms with Gasteiger partial charge in [0.1, 0.15) is 0 Å². The first-order valence-electron chi connectivity index (χ1n) is 5.06. The predicted molar refractivity (Wildman–Crippen MR) is 77.5 cm³/mol. The number of aliphatic carboxylic acids is 1. The average molecular weight is 347 g/mol.